The van der Waals surface area contributed by atoms with Crippen molar-refractivity contribution >= 4 is 33.8 Å². The summed E-state index contributed by atoms with van der Waals surface area (Å²) in [5.41, 5.74) is 1.33. The number of para-hydroxylation sites is 2. The van der Waals surface area contributed by atoms with Crippen molar-refractivity contribution in [2.75, 3.05) is 5.88 Å². The molecular formula is C11H12ClNO3S. The number of oxazole rings is 1. The Labute approximate surface area is 106 Å². The van der Waals surface area contributed by atoms with Crippen molar-refractivity contribution in [3.63, 3.8) is 0 Å². The highest BCUT2D eigenvalue weighted by molar-refractivity contribution is 7.79. The van der Waals surface area contributed by atoms with Crippen LogP contribution in [-0.2, 0) is 11.1 Å². The lowest BCUT2D eigenvalue weighted by atomic mass is 10.2. The van der Waals surface area contributed by atoms with E-state index in [-0.39, 0.29) is 0 Å². The predicted octanol–water partition coefficient (Wildman–Crippen LogP) is 3.11. The second kappa shape index (κ2) is 5.62. The molecule has 0 saturated carbocycles. The molecule has 2 atom stereocenters. The summed E-state index contributed by atoms with van der Waals surface area (Å²) in [7, 11) is 0. The summed E-state index contributed by atoms with van der Waals surface area (Å²) in [4.78, 5) is 4.22. The molecule has 0 bridgehead atoms. The highest BCUT2D eigenvalue weighted by atomic mass is 35.5. The van der Waals surface area contributed by atoms with Gasteiger partial charge in [0.25, 0.3) is 0 Å². The minimum Gasteiger partial charge on any atom is -0.439 e. The maximum atomic E-state index is 11.3. The first-order chi connectivity index (χ1) is 8.22. The van der Waals surface area contributed by atoms with Crippen molar-refractivity contribution < 1.29 is 13.2 Å². The normalized spacial score (nSPS) is 14.9. The molecule has 0 aliphatic carbocycles. The molecule has 17 heavy (non-hydrogen) atoms. The Morgan fingerprint density at radius 1 is 1.47 bits per heavy atom. The van der Waals surface area contributed by atoms with Gasteiger partial charge in [0, 0.05) is 5.88 Å². The Kier molecular flexibility index (Phi) is 4.15. The van der Waals surface area contributed by atoms with Crippen molar-refractivity contribution in [3.8, 4) is 0 Å². The third-order valence-corrected chi connectivity index (χ3v) is 3.62. The number of benzene rings is 1. The molecule has 0 fully saturated rings. The first kappa shape index (κ1) is 12.5. The molecule has 92 valence electrons. The molecule has 0 saturated heterocycles. The van der Waals surface area contributed by atoms with Crippen LogP contribution in [0.2, 0.25) is 0 Å². The van der Waals surface area contributed by atoms with E-state index in [0.717, 1.165) is 0 Å². The van der Waals surface area contributed by atoms with Crippen LogP contribution < -0.4 is 0 Å². The van der Waals surface area contributed by atoms with Crippen molar-refractivity contribution in [1.82, 2.24) is 4.98 Å². The van der Waals surface area contributed by atoms with Gasteiger partial charge in [0.15, 0.2) is 16.7 Å². The van der Waals surface area contributed by atoms with Crippen molar-refractivity contribution in [1.29, 1.82) is 0 Å². The molecule has 0 radical (unpaired) electrons. The van der Waals surface area contributed by atoms with E-state index in [9.17, 15) is 8.76 Å². The van der Waals surface area contributed by atoms with E-state index < -0.39 is 16.3 Å². The number of aromatic nitrogens is 1. The van der Waals surface area contributed by atoms with Crippen molar-refractivity contribution in [2.24, 2.45) is 0 Å². The highest BCUT2D eigenvalue weighted by Gasteiger charge is 2.23. The standard InChI is InChI=1S/C11H12ClNO3S/c12-7-3-6-10(17(14)15)11-13-8-4-1-2-5-9(8)16-11/h1-2,4-5,10H,3,6-7H2,(H,14,15). The average molecular weight is 274 g/mol. The lowest BCUT2D eigenvalue weighted by molar-refractivity contribution is 0.479. The molecule has 2 aromatic rings. The fourth-order valence-electron chi connectivity index (χ4n) is 1.60. The van der Waals surface area contributed by atoms with Gasteiger partial charge in [-0.2, -0.15) is 0 Å². The second-order valence-corrected chi connectivity index (χ2v) is 5.12. The van der Waals surface area contributed by atoms with Crippen molar-refractivity contribution in [3.05, 3.63) is 30.2 Å². The third-order valence-electron chi connectivity index (χ3n) is 2.43. The van der Waals surface area contributed by atoms with Gasteiger partial charge in [-0.1, -0.05) is 12.1 Å². The Balaban J connectivity index is 2.31. The molecule has 2 rings (SSSR count). The van der Waals surface area contributed by atoms with Crippen LogP contribution in [0.15, 0.2) is 28.7 Å². The van der Waals surface area contributed by atoms with Gasteiger partial charge < -0.3 is 8.97 Å². The van der Waals surface area contributed by atoms with E-state index in [1.165, 1.54) is 0 Å². The summed E-state index contributed by atoms with van der Waals surface area (Å²) in [6, 6.07) is 7.27. The summed E-state index contributed by atoms with van der Waals surface area (Å²) in [6.45, 7) is 0. The second-order valence-electron chi connectivity index (χ2n) is 3.62. The fourth-order valence-corrected chi connectivity index (χ4v) is 2.40. The molecule has 1 aromatic heterocycles. The quantitative estimate of drug-likeness (QED) is 0.672. The van der Waals surface area contributed by atoms with Gasteiger partial charge in [-0.15, -0.1) is 11.6 Å². The fraction of sp³-hybridized carbons (Fsp3) is 0.364. The maximum absolute atomic E-state index is 11.3. The summed E-state index contributed by atoms with van der Waals surface area (Å²) in [5, 5.41) is -0.610. The third kappa shape index (κ3) is 2.86. The molecular weight excluding hydrogens is 262 g/mol. The summed E-state index contributed by atoms with van der Waals surface area (Å²) in [5.74, 6) is 0.755. The molecule has 2 unspecified atom stereocenters. The average Bonchev–Trinajstić information content (AvgIpc) is 2.72. The van der Waals surface area contributed by atoms with Crippen LogP contribution in [-0.4, -0.2) is 19.6 Å². The molecule has 4 nitrogen and oxygen atoms in total. The van der Waals surface area contributed by atoms with Crippen LogP contribution in [0.4, 0.5) is 0 Å². The van der Waals surface area contributed by atoms with E-state index in [2.05, 4.69) is 4.98 Å². The summed E-state index contributed by atoms with van der Waals surface area (Å²) < 4.78 is 26.0. The van der Waals surface area contributed by atoms with Gasteiger partial charge in [0.2, 0.25) is 5.89 Å². The Hall–Kier alpha value is -0.910. The molecule has 0 aliphatic rings. The van der Waals surface area contributed by atoms with E-state index in [4.69, 9.17) is 16.0 Å². The highest BCUT2D eigenvalue weighted by Crippen LogP contribution is 2.27. The Morgan fingerprint density at radius 2 is 2.24 bits per heavy atom. The van der Waals surface area contributed by atoms with Crippen LogP contribution >= 0.6 is 11.6 Å². The van der Waals surface area contributed by atoms with Crippen LogP contribution in [0, 0.1) is 0 Å². The molecule has 1 N–H and O–H groups in total. The lowest BCUT2D eigenvalue weighted by Crippen LogP contribution is -2.06. The van der Waals surface area contributed by atoms with Gasteiger partial charge in [-0.05, 0) is 25.0 Å². The topological polar surface area (TPSA) is 63.3 Å². The first-order valence-electron chi connectivity index (χ1n) is 5.23. The Bertz CT molecular complexity index is 495. The number of rotatable bonds is 5. The van der Waals surface area contributed by atoms with Crippen LogP contribution in [0.25, 0.3) is 11.1 Å². The van der Waals surface area contributed by atoms with Gasteiger partial charge in [0.1, 0.15) is 10.8 Å². The maximum Gasteiger partial charge on any atom is 0.213 e. The smallest absolute Gasteiger partial charge is 0.213 e. The minimum atomic E-state index is -2.00. The van der Waals surface area contributed by atoms with E-state index >= 15 is 0 Å². The van der Waals surface area contributed by atoms with Gasteiger partial charge in [-0.3, -0.25) is 0 Å². The molecule has 1 heterocycles. The molecule has 0 aliphatic heterocycles. The number of hydrogen-bond donors (Lipinski definition) is 1. The van der Waals surface area contributed by atoms with Gasteiger partial charge in [0.05, 0.1) is 0 Å². The number of halogens is 1. The Morgan fingerprint density at radius 3 is 2.88 bits per heavy atom. The number of alkyl halides is 1. The number of nitrogens with zero attached hydrogens (tertiary/aromatic N) is 1. The molecule has 1 aromatic carbocycles. The zero-order chi connectivity index (χ0) is 12.3. The molecule has 0 amide bonds. The predicted molar refractivity (Wildman–Crippen MR) is 67.5 cm³/mol. The zero-order valence-corrected chi connectivity index (χ0v) is 10.6. The number of hydrogen-bond acceptors (Lipinski definition) is 3. The SMILES string of the molecule is O=S(O)C(CCCCl)c1nc2ccccc2o1. The van der Waals surface area contributed by atoms with Crippen LogP contribution in [0.1, 0.15) is 24.0 Å². The van der Waals surface area contributed by atoms with E-state index in [0.29, 0.717) is 35.7 Å². The minimum absolute atomic E-state index is 0.303. The van der Waals surface area contributed by atoms with Gasteiger partial charge >= 0.3 is 0 Å². The monoisotopic (exact) mass is 273 g/mol. The summed E-state index contributed by atoms with van der Waals surface area (Å²) >= 11 is 3.59. The lowest BCUT2D eigenvalue weighted by Gasteiger charge is -2.06. The van der Waals surface area contributed by atoms with Crippen molar-refractivity contribution in [2.45, 2.75) is 18.1 Å². The molecule has 0 spiro atoms. The van der Waals surface area contributed by atoms with Gasteiger partial charge in [-0.25, -0.2) is 9.19 Å². The van der Waals surface area contributed by atoms with Crippen LogP contribution in [0.3, 0.4) is 0 Å². The zero-order valence-electron chi connectivity index (χ0n) is 9.01. The summed E-state index contributed by atoms with van der Waals surface area (Å²) in [6.07, 6.45) is 1.14. The first-order valence-corrected chi connectivity index (χ1v) is 6.94. The number of fused-ring (bicyclic) bond motifs is 1. The molecule has 6 heteroatoms. The van der Waals surface area contributed by atoms with E-state index in [1.54, 1.807) is 12.1 Å². The van der Waals surface area contributed by atoms with Crippen LogP contribution in [0.5, 0.6) is 0 Å². The van der Waals surface area contributed by atoms with E-state index in [1.807, 2.05) is 12.1 Å². The largest absolute Gasteiger partial charge is 0.439 e.